The second-order valence-electron chi connectivity index (χ2n) is 7.19. The molecule has 7 nitrogen and oxygen atoms in total. The number of anilines is 1. The molecule has 25 heavy (non-hydrogen) atoms. The molecule has 2 aromatic rings. The Bertz CT molecular complexity index is 802. The van der Waals surface area contributed by atoms with Crippen molar-refractivity contribution in [1.82, 2.24) is 24.6 Å². The monoisotopic (exact) mass is 337 g/mol. The first kappa shape index (κ1) is 16.0. The standard InChI is InChI=1S/C18H23N7/c1-13-10-24(11-14-3-4-14)5-6-25(13)18-15(7-19)8-20-17(22-18)16-9-21-23(2)12-16/h8-9,12-14H,3-6,10-11H2,1-2H3. The SMILES string of the molecule is CC1CN(CC2CC2)CCN1c1nc(-c2cnn(C)c2)ncc1C#N. The number of nitriles is 1. The Labute approximate surface area is 147 Å². The molecule has 2 aliphatic rings. The summed E-state index contributed by atoms with van der Waals surface area (Å²) in [6.07, 6.45) is 8.04. The van der Waals surface area contributed by atoms with Crippen molar-refractivity contribution < 1.29 is 0 Å². The molecule has 1 aliphatic carbocycles. The van der Waals surface area contributed by atoms with Crippen molar-refractivity contribution in [3.8, 4) is 17.5 Å². The van der Waals surface area contributed by atoms with Gasteiger partial charge < -0.3 is 4.90 Å². The maximum atomic E-state index is 9.50. The van der Waals surface area contributed by atoms with Gasteiger partial charge in [-0.25, -0.2) is 9.97 Å². The summed E-state index contributed by atoms with van der Waals surface area (Å²) in [5, 5.41) is 13.7. The van der Waals surface area contributed by atoms with Crippen LogP contribution in [-0.4, -0.2) is 56.9 Å². The van der Waals surface area contributed by atoms with E-state index in [1.807, 2.05) is 13.2 Å². The van der Waals surface area contributed by atoms with Crippen LogP contribution in [0.3, 0.4) is 0 Å². The summed E-state index contributed by atoms with van der Waals surface area (Å²) in [6, 6.07) is 2.58. The molecule has 4 rings (SSSR count). The smallest absolute Gasteiger partial charge is 0.164 e. The molecule has 0 aromatic carbocycles. The maximum Gasteiger partial charge on any atom is 0.164 e. The van der Waals surface area contributed by atoms with E-state index >= 15 is 0 Å². The molecule has 0 amide bonds. The third kappa shape index (κ3) is 3.35. The minimum atomic E-state index is 0.330. The highest BCUT2D eigenvalue weighted by Crippen LogP contribution is 2.31. The minimum Gasteiger partial charge on any atom is -0.350 e. The largest absolute Gasteiger partial charge is 0.350 e. The minimum absolute atomic E-state index is 0.330. The quantitative estimate of drug-likeness (QED) is 0.845. The van der Waals surface area contributed by atoms with Gasteiger partial charge in [-0.3, -0.25) is 9.58 Å². The van der Waals surface area contributed by atoms with Gasteiger partial charge in [0, 0.05) is 45.5 Å². The first-order valence-electron chi connectivity index (χ1n) is 8.89. The van der Waals surface area contributed by atoms with Gasteiger partial charge in [-0.2, -0.15) is 10.4 Å². The molecule has 7 heteroatoms. The van der Waals surface area contributed by atoms with Gasteiger partial charge in [0.25, 0.3) is 0 Å². The van der Waals surface area contributed by atoms with Gasteiger partial charge in [0.05, 0.1) is 18.0 Å². The average molecular weight is 337 g/mol. The molecule has 1 saturated carbocycles. The van der Waals surface area contributed by atoms with E-state index in [1.165, 1.54) is 19.4 Å². The molecule has 0 spiro atoms. The lowest BCUT2D eigenvalue weighted by Gasteiger charge is -2.41. The van der Waals surface area contributed by atoms with Crippen molar-refractivity contribution in [2.24, 2.45) is 13.0 Å². The van der Waals surface area contributed by atoms with E-state index in [1.54, 1.807) is 17.1 Å². The van der Waals surface area contributed by atoms with Crippen molar-refractivity contribution in [1.29, 1.82) is 5.26 Å². The zero-order valence-corrected chi connectivity index (χ0v) is 14.8. The Hall–Kier alpha value is -2.46. The van der Waals surface area contributed by atoms with Gasteiger partial charge in [0.1, 0.15) is 11.6 Å². The van der Waals surface area contributed by atoms with E-state index in [2.05, 4.69) is 32.9 Å². The highest BCUT2D eigenvalue weighted by molar-refractivity contribution is 5.61. The van der Waals surface area contributed by atoms with E-state index in [-0.39, 0.29) is 0 Å². The van der Waals surface area contributed by atoms with Gasteiger partial charge in [0.2, 0.25) is 0 Å². The van der Waals surface area contributed by atoms with Crippen LogP contribution in [0.5, 0.6) is 0 Å². The summed E-state index contributed by atoms with van der Waals surface area (Å²) in [5.74, 6) is 2.27. The van der Waals surface area contributed by atoms with Crippen LogP contribution in [0.2, 0.25) is 0 Å². The molecule has 2 fully saturated rings. The first-order chi connectivity index (χ1) is 12.1. The van der Waals surface area contributed by atoms with Crippen LogP contribution in [0.1, 0.15) is 25.3 Å². The molecule has 3 heterocycles. The van der Waals surface area contributed by atoms with Crippen molar-refractivity contribution in [3.63, 3.8) is 0 Å². The Morgan fingerprint density at radius 3 is 2.76 bits per heavy atom. The Morgan fingerprint density at radius 1 is 1.28 bits per heavy atom. The molecular formula is C18H23N7. The Morgan fingerprint density at radius 2 is 2.12 bits per heavy atom. The second-order valence-corrected chi connectivity index (χ2v) is 7.19. The summed E-state index contributed by atoms with van der Waals surface area (Å²) < 4.78 is 1.73. The zero-order valence-electron chi connectivity index (χ0n) is 14.8. The molecule has 130 valence electrons. The third-order valence-electron chi connectivity index (χ3n) is 5.05. The van der Waals surface area contributed by atoms with Crippen molar-refractivity contribution in [2.75, 3.05) is 31.1 Å². The average Bonchev–Trinajstić information content (AvgIpc) is 3.32. The number of piperazine rings is 1. The third-order valence-corrected chi connectivity index (χ3v) is 5.05. The van der Waals surface area contributed by atoms with E-state index < -0.39 is 0 Å². The second kappa shape index (κ2) is 6.45. The number of hydrogen-bond acceptors (Lipinski definition) is 6. The van der Waals surface area contributed by atoms with Crippen LogP contribution in [0.25, 0.3) is 11.4 Å². The summed E-state index contributed by atoms with van der Waals surface area (Å²) in [4.78, 5) is 13.9. The van der Waals surface area contributed by atoms with Crippen molar-refractivity contribution in [3.05, 3.63) is 24.2 Å². The Balaban J connectivity index is 1.59. The molecule has 0 bridgehead atoms. The first-order valence-corrected chi connectivity index (χ1v) is 8.89. The summed E-state index contributed by atoms with van der Waals surface area (Å²) >= 11 is 0. The molecule has 1 saturated heterocycles. The van der Waals surface area contributed by atoms with Crippen LogP contribution in [0, 0.1) is 17.2 Å². The van der Waals surface area contributed by atoms with Gasteiger partial charge in [-0.05, 0) is 25.7 Å². The lowest BCUT2D eigenvalue weighted by atomic mass is 10.1. The van der Waals surface area contributed by atoms with Gasteiger partial charge in [-0.15, -0.1) is 0 Å². The summed E-state index contributed by atoms with van der Waals surface area (Å²) in [5.41, 5.74) is 1.41. The van der Waals surface area contributed by atoms with Crippen LogP contribution in [0.4, 0.5) is 5.82 Å². The number of nitrogens with zero attached hydrogens (tertiary/aromatic N) is 7. The highest BCUT2D eigenvalue weighted by atomic mass is 15.3. The van der Waals surface area contributed by atoms with Gasteiger partial charge >= 0.3 is 0 Å². The van der Waals surface area contributed by atoms with E-state index in [0.717, 1.165) is 36.9 Å². The fourth-order valence-electron chi connectivity index (χ4n) is 3.53. The zero-order chi connectivity index (χ0) is 17.4. The fraction of sp³-hybridized carbons (Fsp3) is 0.556. The van der Waals surface area contributed by atoms with Crippen LogP contribution in [0.15, 0.2) is 18.6 Å². The molecule has 0 N–H and O–H groups in total. The lowest BCUT2D eigenvalue weighted by Crippen LogP contribution is -2.53. The lowest BCUT2D eigenvalue weighted by molar-refractivity contribution is 0.220. The molecular weight excluding hydrogens is 314 g/mol. The van der Waals surface area contributed by atoms with E-state index in [0.29, 0.717) is 17.4 Å². The number of rotatable bonds is 4. The van der Waals surface area contributed by atoms with Gasteiger partial charge in [-0.1, -0.05) is 0 Å². The molecule has 1 unspecified atom stereocenters. The highest BCUT2D eigenvalue weighted by Gasteiger charge is 2.31. The molecule has 2 aromatic heterocycles. The Kier molecular flexibility index (Phi) is 4.14. The summed E-state index contributed by atoms with van der Waals surface area (Å²) in [7, 11) is 1.87. The topological polar surface area (TPSA) is 73.9 Å². The number of hydrogen-bond donors (Lipinski definition) is 0. The van der Waals surface area contributed by atoms with E-state index in [4.69, 9.17) is 4.98 Å². The number of aryl methyl sites for hydroxylation is 1. The van der Waals surface area contributed by atoms with Crippen LogP contribution in [-0.2, 0) is 7.05 Å². The van der Waals surface area contributed by atoms with Crippen LogP contribution < -0.4 is 4.90 Å². The number of aromatic nitrogens is 4. The predicted molar refractivity (Wildman–Crippen MR) is 94.9 cm³/mol. The summed E-state index contributed by atoms with van der Waals surface area (Å²) in [6.45, 7) is 6.37. The molecule has 0 radical (unpaired) electrons. The van der Waals surface area contributed by atoms with E-state index in [9.17, 15) is 5.26 Å². The molecule has 1 atom stereocenters. The molecule has 1 aliphatic heterocycles. The normalized spacial score (nSPS) is 21.3. The fourth-order valence-corrected chi connectivity index (χ4v) is 3.53. The van der Waals surface area contributed by atoms with Gasteiger partial charge in [0.15, 0.2) is 11.6 Å². The van der Waals surface area contributed by atoms with Crippen molar-refractivity contribution >= 4 is 5.82 Å². The predicted octanol–water partition coefficient (Wildman–Crippen LogP) is 1.67. The maximum absolute atomic E-state index is 9.50. The van der Waals surface area contributed by atoms with Crippen LogP contribution >= 0.6 is 0 Å². The van der Waals surface area contributed by atoms with Crippen molar-refractivity contribution in [2.45, 2.75) is 25.8 Å².